The summed E-state index contributed by atoms with van der Waals surface area (Å²) in [5.41, 5.74) is 0.684. The van der Waals surface area contributed by atoms with Crippen LogP contribution in [0.1, 0.15) is 25.0 Å². The Morgan fingerprint density at radius 3 is 2.73 bits per heavy atom. The highest BCUT2D eigenvalue weighted by Gasteiger charge is 2.26. The van der Waals surface area contributed by atoms with Crippen LogP contribution in [0.3, 0.4) is 0 Å². The van der Waals surface area contributed by atoms with Gasteiger partial charge in [-0.2, -0.15) is 0 Å². The maximum Gasteiger partial charge on any atom is 0.244 e. The van der Waals surface area contributed by atoms with Gasteiger partial charge in [0.05, 0.1) is 18.5 Å². The molecule has 1 aromatic carbocycles. The minimum Gasteiger partial charge on any atom is -0.467 e. The minimum atomic E-state index is -0.233. The van der Waals surface area contributed by atoms with E-state index in [1.54, 1.807) is 17.2 Å². The van der Waals surface area contributed by atoms with Gasteiger partial charge in [-0.1, -0.05) is 24.3 Å². The third kappa shape index (κ3) is 4.85. The normalized spacial score (nSPS) is 16.3. The summed E-state index contributed by atoms with van der Waals surface area (Å²) in [6.45, 7) is 0.274. The van der Waals surface area contributed by atoms with Crippen molar-refractivity contribution in [3.8, 4) is 0 Å². The van der Waals surface area contributed by atoms with E-state index in [4.69, 9.17) is 4.42 Å². The van der Waals surface area contributed by atoms with Gasteiger partial charge in [-0.05, 0) is 59.5 Å². The fourth-order valence-electron chi connectivity index (χ4n) is 3.00. The number of hydrogen-bond acceptors (Lipinski definition) is 3. The molecule has 1 aliphatic carbocycles. The number of furan rings is 1. The van der Waals surface area contributed by atoms with Gasteiger partial charge >= 0.3 is 0 Å². The first-order valence-corrected chi connectivity index (χ1v) is 9.43. The molecule has 0 radical (unpaired) electrons. The van der Waals surface area contributed by atoms with Gasteiger partial charge in [0.15, 0.2) is 0 Å². The van der Waals surface area contributed by atoms with Crippen molar-refractivity contribution in [2.75, 3.05) is 11.9 Å². The van der Waals surface area contributed by atoms with Gasteiger partial charge in [0.2, 0.25) is 11.8 Å². The van der Waals surface area contributed by atoms with Gasteiger partial charge in [-0.15, -0.1) is 0 Å². The van der Waals surface area contributed by atoms with Crippen LogP contribution >= 0.6 is 15.9 Å². The van der Waals surface area contributed by atoms with Crippen LogP contribution in [-0.4, -0.2) is 23.3 Å². The van der Waals surface area contributed by atoms with Crippen LogP contribution in [0.25, 0.3) is 0 Å². The number of amides is 2. The van der Waals surface area contributed by atoms with E-state index in [1.807, 2.05) is 36.4 Å². The van der Waals surface area contributed by atoms with Crippen molar-refractivity contribution in [2.24, 2.45) is 5.92 Å². The van der Waals surface area contributed by atoms with Crippen LogP contribution in [0.5, 0.6) is 0 Å². The number of nitrogens with zero attached hydrogens (tertiary/aromatic N) is 1. The van der Waals surface area contributed by atoms with Gasteiger partial charge in [0, 0.05) is 10.4 Å². The predicted molar refractivity (Wildman–Crippen MR) is 103 cm³/mol. The van der Waals surface area contributed by atoms with Crippen LogP contribution < -0.4 is 5.32 Å². The van der Waals surface area contributed by atoms with E-state index in [-0.39, 0.29) is 30.8 Å². The third-order valence-corrected chi connectivity index (χ3v) is 5.03. The van der Waals surface area contributed by atoms with Crippen LogP contribution in [0.15, 0.2) is 63.7 Å². The maximum absolute atomic E-state index is 12.9. The Morgan fingerprint density at radius 2 is 2.04 bits per heavy atom. The number of nitrogens with one attached hydrogen (secondary N) is 1. The molecule has 0 saturated heterocycles. The lowest BCUT2D eigenvalue weighted by Crippen LogP contribution is -2.41. The van der Waals surface area contributed by atoms with E-state index in [0.29, 0.717) is 11.4 Å². The minimum absolute atomic E-state index is 0.00646. The molecule has 1 aliphatic rings. The number of para-hydroxylation sites is 1. The lowest BCUT2D eigenvalue weighted by Gasteiger charge is -2.27. The Labute approximate surface area is 161 Å². The Hall–Kier alpha value is -2.34. The van der Waals surface area contributed by atoms with E-state index in [9.17, 15) is 9.59 Å². The van der Waals surface area contributed by atoms with Crippen molar-refractivity contribution in [2.45, 2.75) is 25.8 Å². The molecule has 0 unspecified atom stereocenters. The van der Waals surface area contributed by atoms with Crippen molar-refractivity contribution in [3.63, 3.8) is 0 Å². The second-order valence-electron chi connectivity index (χ2n) is 6.28. The molecular weight excluding hydrogens is 396 g/mol. The molecule has 6 heteroatoms. The fourth-order valence-corrected chi connectivity index (χ4v) is 3.39. The molecule has 0 bridgehead atoms. The SMILES string of the molecule is O=C(CN(Cc1ccco1)C(=O)[C@@H]1CC=CCC1)Nc1ccccc1Br. The molecule has 1 N–H and O–H groups in total. The first-order valence-electron chi connectivity index (χ1n) is 8.64. The first-order chi connectivity index (χ1) is 12.6. The highest BCUT2D eigenvalue weighted by atomic mass is 79.9. The second kappa shape index (κ2) is 8.85. The third-order valence-electron chi connectivity index (χ3n) is 4.34. The number of benzene rings is 1. The van der Waals surface area contributed by atoms with E-state index in [0.717, 1.165) is 23.7 Å². The first kappa shape index (κ1) is 18.5. The summed E-state index contributed by atoms with van der Waals surface area (Å²) in [5, 5.41) is 2.85. The lowest BCUT2D eigenvalue weighted by atomic mass is 9.93. The Balaban J connectivity index is 1.70. The van der Waals surface area contributed by atoms with Crippen molar-refractivity contribution in [1.82, 2.24) is 4.90 Å². The number of halogens is 1. The van der Waals surface area contributed by atoms with Gasteiger partial charge in [0.1, 0.15) is 12.3 Å². The molecule has 1 aromatic heterocycles. The monoisotopic (exact) mass is 416 g/mol. The topological polar surface area (TPSA) is 62.6 Å². The number of hydrogen-bond donors (Lipinski definition) is 1. The number of rotatable bonds is 6. The number of carbonyl (C=O) groups excluding carboxylic acids is 2. The molecule has 0 spiro atoms. The van der Waals surface area contributed by atoms with E-state index >= 15 is 0 Å². The standard InChI is InChI=1S/C20H21BrN2O3/c21-17-10-4-5-11-18(17)22-19(24)14-23(13-16-9-6-12-26-16)20(25)15-7-2-1-3-8-15/h1-2,4-6,9-12,15H,3,7-8,13-14H2,(H,22,24)/t15-/m1/s1. The Kier molecular flexibility index (Phi) is 6.28. The molecule has 0 fully saturated rings. The second-order valence-corrected chi connectivity index (χ2v) is 7.14. The van der Waals surface area contributed by atoms with Gasteiger partial charge in [-0.3, -0.25) is 9.59 Å². The number of anilines is 1. The van der Waals surface area contributed by atoms with Crippen LogP contribution in [0.4, 0.5) is 5.69 Å². The van der Waals surface area contributed by atoms with Crippen LogP contribution in [0, 0.1) is 5.92 Å². The van der Waals surface area contributed by atoms with Crippen molar-refractivity contribution < 1.29 is 14.0 Å². The van der Waals surface area contributed by atoms with Gasteiger partial charge in [-0.25, -0.2) is 0 Å². The molecule has 136 valence electrons. The zero-order chi connectivity index (χ0) is 18.4. The van der Waals surface area contributed by atoms with Gasteiger partial charge in [0.25, 0.3) is 0 Å². The average Bonchev–Trinajstić information content (AvgIpc) is 3.16. The summed E-state index contributed by atoms with van der Waals surface area (Å²) in [6.07, 6.45) is 8.14. The molecule has 5 nitrogen and oxygen atoms in total. The molecule has 1 heterocycles. The molecule has 3 rings (SSSR count). The number of allylic oxidation sites excluding steroid dienone is 2. The summed E-state index contributed by atoms with van der Waals surface area (Å²) >= 11 is 3.41. The fraction of sp³-hybridized carbons (Fsp3) is 0.300. The van der Waals surface area contributed by atoms with E-state index < -0.39 is 0 Å². The Morgan fingerprint density at radius 1 is 1.19 bits per heavy atom. The Bertz CT molecular complexity index is 786. The molecule has 2 amide bonds. The quantitative estimate of drug-likeness (QED) is 0.711. The molecular formula is C20H21BrN2O3. The molecule has 2 aromatic rings. The molecule has 1 atom stereocenters. The zero-order valence-corrected chi connectivity index (χ0v) is 15.9. The average molecular weight is 417 g/mol. The summed E-state index contributed by atoms with van der Waals surface area (Å²) in [5.74, 6) is 0.348. The molecule has 0 aliphatic heterocycles. The number of carbonyl (C=O) groups is 2. The lowest BCUT2D eigenvalue weighted by molar-refractivity contribution is -0.139. The van der Waals surface area contributed by atoms with Crippen molar-refractivity contribution >= 4 is 33.4 Å². The summed E-state index contributed by atoms with van der Waals surface area (Å²) < 4.78 is 6.17. The predicted octanol–water partition coefficient (Wildman–Crippen LogP) is 4.37. The van der Waals surface area contributed by atoms with Gasteiger partial charge < -0.3 is 14.6 Å². The zero-order valence-electron chi connectivity index (χ0n) is 14.4. The van der Waals surface area contributed by atoms with E-state index in [1.165, 1.54) is 0 Å². The summed E-state index contributed by atoms with van der Waals surface area (Å²) in [4.78, 5) is 27.0. The highest BCUT2D eigenvalue weighted by Crippen LogP contribution is 2.23. The van der Waals surface area contributed by atoms with Crippen molar-refractivity contribution in [3.05, 3.63) is 65.0 Å². The summed E-state index contributed by atoms with van der Waals surface area (Å²) in [6, 6.07) is 11.0. The molecule has 26 heavy (non-hydrogen) atoms. The maximum atomic E-state index is 12.9. The highest BCUT2D eigenvalue weighted by molar-refractivity contribution is 9.10. The van der Waals surface area contributed by atoms with Crippen molar-refractivity contribution in [1.29, 1.82) is 0 Å². The largest absolute Gasteiger partial charge is 0.467 e. The van der Waals surface area contributed by atoms with Crippen LogP contribution in [0.2, 0.25) is 0 Å². The summed E-state index contributed by atoms with van der Waals surface area (Å²) in [7, 11) is 0. The molecule has 0 saturated carbocycles. The smallest absolute Gasteiger partial charge is 0.244 e. The van der Waals surface area contributed by atoms with Crippen LogP contribution in [-0.2, 0) is 16.1 Å². The van der Waals surface area contributed by atoms with E-state index in [2.05, 4.69) is 27.3 Å².